The van der Waals surface area contributed by atoms with Crippen molar-refractivity contribution in [3.63, 3.8) is 0 Å². The first-order valence-electron chi connectivity index (χ1n) is 11.5. The predicted octanol–water partition coefficient (Wildman–Crippen LogP) is 7.34. The molecular weight excluding hydrogens is 319 g/mol. The fourth-order valence-electron chi connectivity index (χ4n) is 6.60. The summed E-state index contributed by atoms with van der Waals surface area (Å²) in [7, 11) is 0. The first-order valence-corrected chi connectivity index (χ1v) is 11.5. The number of hydrogen-bond acceptors (Lipinski definition) is 0. The van der Waals surface area contributed by atoms with E-state index in [-0.39, 0.29) is 5.82 Å². The number of rotatable bonds is 4. The first kappa shape index (κ1) is 18.5. The zero-order chi connectivity index (χ0) is 17.9. The Morgan fingerprint density at radius 1 is 0.769 bits per heavy atom. The molecule has 0 heterocycles. The van der Waals surface area contributed by atoms with E-state index in [0.717, 1.165) is 36.0 Å². The Kier molecular flexibility index (Phi) is 6.01. The standard InChI is InChI=1S/C25H37F/c1-2-3-18-4-6-19(7-5-18)20-8-10-21(11-9-20)22-12-13-24-17-25(26)15-14-23(24)16-22/h14-15,17-22H,2-13,16H2,1H3. The molecule has 3 aliphatic carbocycles. The summed E-state index contributed by atoms with van der Waals surface area (Å²) < 4.78 is 13.4. The van der Waals surface area contributed by atoms with Gasteiger partial charge in [0, 0.05) is 0 Å². The highest BCUT2D eigenvalue weighted by atomic mass is 19.1. The summed E-state index contributed by atoms with van der Waals surface area (Å²) in [6.45, 7) is 2.34. The highest BCUT2D eigenvalue weighted by Gasteiger charge is 2.34. The molecule has 144 valence electrons. The summed E-state index contributed by atoms with van der Waals surface area (Å²) in [6, 6.07) is 5.49. The normalized spacial score (nSPS) is 35.1. The molecule has 0 aliphatic heterocycles. The molecule has 0 spiro atoms. The van der Waals surface area contributed by atoms with Crippen molar-refractivity contribution in [1.29, 1.82) is 0 Å². The second-order valence-electron chi connectivity index (χ2n) is 9.66. The van der Waals surface area contributed by atoms with Gasteiger partial charge >= 0.3 is 0 Å². The van der Waals surface area contributed by atoms with Gasteiger partial charge in [0.15, 0.2) is 0 Å². The highest BCUT2D eigenvalue weighted by Crippen LogP contribution is 2.45. The maximum absolute atomic E-state index is 13.4. The molecule has 2 saturated carbocycles. The molecule has 3 aliphatic rings. The molecule has 1 atom stereocenters. The summed E-state index contributed by atoms with van der Waals surface area (Å²) in [4.78, 5) is 0. The lowest BCUT2D eigenvalue weighted by atomic mass is 9.65. The lowest BCUT2D eigenvalue weighted by Gasteiger charge is -2.41. The van der Waals surface area contributed by atoms with E-state index < -0.39 is 0 Å². The molecule has 0 bridgehead atoms. The Morgan fingerprint density at radius 3 is 2.04 bits per heavy atom. The second kappa shape index (κ2) is 8.44. The van der Waals surface area contributed by atoms with Crippen LogP contribution >= 0.6 is 0 Å². The minimum absolute atomic E-state index is 0.0589. The van der Waals surface area contributed by atoms with Gasteiger partial charge in [0.05, 0.1) is 0 Å². The molecular formula is C25H37F. The topological polar surface area (TPSA) is 0 Å². The van der Waals surface area contributed by atoms with Crippen LogP contribution in [0.2, 0.25) is 0 Å². The summed E-state index contributed by atoms with van der Waals surface area (Å²) in [5.74, 6) is 4.84. The van der Waals surface area contributed by atoms with E-state index >= 15 is 0 Å². The van der Waals surface area contributed by atoms with Gasteiger partial charge in [-0.15, -0.1) is 0 Å². The Bertz CT molecular complexity index is 576. The fourth-order valence-corrected chi connectivity index (χ4v) is 6.60. The lowest BCUT2D eigenvalue weighted by molar-refractivity contribution is 0.119. The van der Waals surface area contributed by atoms with Crippen molar-refractivity contribution < 1.29 is 4.39 Å². The quantitative estimate of drug-likeness (QED) is 0.529. The van der Waals surface area contributed by atoms with E-state index in [0.29, 0.717) is 0 Å². The van der Waals surface area contributed by atoms with Crippen molar-refractivity contribution in [2.45, 2.75) is 90.4 Å². The largest absolute Gasteiger partial charge is 0.207 e. The SMILES string of the molecule is CCCC1CCC(C2CCC(C3CCc4cc(F)ccc4C3)CC2)CC1. The molecule has 0 aromatic heterocycles. The fraction of sp³-hybridized carbons (Fsp3) is 0.760. The second-order valence-corrected chi connectivity index (χ2v) is 9.66. The van der Waals surface area contributed by atoms with Gasteiger partial charge in [-0.3, -0.25) is 0 Å². The van der Waals surface area contributed by atoms with Crippen molar-refractivity contribution in [3.05, 3.63) is 35.1 Å². The molecule has 1 heteroatoms. The minimum Gasteiger partial charge on any atom is -0.207 e. The lowest BCUT2D eigenvalue weighted by Crippen LogP contribution is -2.30. The van der Waals surface area contributed by atoms with Gasteiger partial charge in [-0.05, 0) is 111 Å². The summed E-state index contributed by atoms with van der Waals surface area (Å²) >= 11 is 0. The number of hydrogen-bond donors (Lipinski definition) is 0. The van der Waals surface area contributed by atoms with Crippen LogP contribution in [0.1, 0.15) is 88.7 Å². The van der Waals surface area contributed by atoms with E-state index in [1.165, 1.54) is 88.2 Å². The van der Waals surface area contributed by atoms with Crippen LogP contribution in [0.15, 0.2) is 18.2 Å². The van der Waals surface area contributed by atoms with Crippen molar-refractivity contribution >= 4 is 0 Å². The molecule has 0 saturated heterocycles. The highest BCUT2D eigenvalue weighted by molar-refractivity contribution is 5.30. The average Bonchev–Trinajstić information content (AvgIpc) is 2.69. The van der Waals surface area contributed by atoms with Crippen molar-refractivity contribution in [2.75, 3.05) is 0 Å². The third-order valence-electron chi connectivity index (χ3n) is 8.17. The molecule has 0 amide bonds. The van der Waals surface area contributed by atoms with Crippen molar-refractivity contribution in [2.24, 2.45) is 29.6 Å². The number of fused-ring (bicyclic) bond motifs is 1. The molecule has 1 aromatic carbocycles. The Balaban J connectivity index is 1.26. The van der Waals surface area contributed by atoms with Gasteiger partial charge in [0.1, 0.15) is 5.82 Å². The number of aryl methyl sites for hydroxylation is 1. The van der Waals surface area contributed by atoms with E-state index in [9.17, 15) is 4.39 Å². The van der Waals surface area contributed by atoms with Crippen LogP contribution in [-0.2, 0) is 12.8 Å². The zero-order valence-electron chi connectivity index (χ0n) is 16.7. The van der Waals surface area contributed by atoms with Crippen LogP contribution < -0.4 is 0 Å². The van der Waals surface area contributed by atoms with E-state index in [1.807, 2.05) is 0 Å². The molecule has 0 nitrogen and oxygen atoms in total. The first-order chi connectivity index (χ1) is 12.7. The van der Waals surface area contributed by atoms with Gasteiger partial charge in [0.2, 0.25) is 0 Å². The predicted molar refractivity (Wildman–Crippen MR) is 108 cm³/mol. The van der Waals surface area contributed by atoms with E-state index in [1.54, 1.807) is 12.1 Å². The summed E-state index contributed by atoms with van der Waals surface area (Å²) in [5, 5.41) is 0. The van der Waals surface area contributed by atoms with Gasteiger partial charge in [0.25, 0.3) is 0 Å². The van der Waals surface area contributed by atoms with Crippen molar-refractivity contribution in [3.8, 4) is 0 Å². The molecule has 26 heavy (non-hydrogen) atoms. The summed E-state index contributed by atoms with van der Waals surface area (Å²) in [6.07, 6.45) is 18.4. The smallest absolute Gasteiger partial charge is 0.123 e. The Labute approximate surface area is 160 Å². The van der Waals surface area contributed by atoms with Gasteiger partial charge in [-0.25, -0.2) is 4.39 Å². The Hall–Kier alpha value is -0.850. The van der Waals surface area contributed by atoms with Gasteiger partial charge in [-0.2, -0.15) is 0 Å². The Morgan fingerprint density at radius 2 is 1.38 bits per heavy atom. The molecule has 0 radical (unpaired) electrons. The average molecular weight is 357 g/mol. The molecule has 4 rings (SSSR count). The molecule has 2 fully saturated rings. The maximum atomic E-state index is 13.4. The van der Waals surface area contributed by atoms with Gasteiger partial charge in [-0.1, -0.05) is 38.7 Å². The van der Waals surface area contributed by atoms with E-state index in [4.69, 9.17) is 0 Å². The third kappa shape index (κ3) is 4.18. The molecule has 0 N–H and O–H groups in total. The third-order valence-corrected chi connectivity index (χ3v) is 8.17. The molecule has 1 unspecified atom stereocenters. The van der Waals surface area contributed by atoms with Crippen LogP contribution in [0.25, 0.3) is 0 Å². The van der Waals surface area contributed by atoms with Crippen LogP contribution in [0, 0.1) is 35.4 Å². The van der Waals surface area contributed by atoms with E-state index in [2.05, 4.69) is 13.0 Å². The number of benzene rings is 1. The van der Waals surface area contributed by atoms with Gasteiger partial charge < -0.3 is 0 Å². The number of halogens is 1. The van der Waals surface area contributed by atoms with Crippen LogP contribution in [-0.4, -0.2) is 0 Å². The van der Waals surface area contributed by atoms with Crippen LogP contribution in [0.3, 0.4) is 0 Å². The van der Waals surface area contributed by atoms with Crippen LogP contribution in [0.5, 0.6) is 0 Å². The van der Waals surface area contributed by atoms with Crippen LogP contribution in [0.4, 0.5) is 4.39 Å². The maximum Gasteiger partial charge on any atom is 0.123 e. The monoisotopic (exact) mass is 356 g/mol. The van der Waals surface area contributed by atoms with Crippen molar-refractivity contribution in [1.82, 2.24) is 0 Å². The summed E-state index contributed by atoms with van der Waals surface area (Å²) in [5.41, 5.74) is 2.71. The molecule has 1 aromatic rings. The minimum atomic E-state index is -0.0589. The zero-order valence-corrected chi connectivity index (χ0v) is 16.7.